The molecule has 6 heteroatoms. The van der Waals surface area contributed by atoms with E-state index in [1.54, 1.807) is 12.4 Å². The number of aliphatic hydroxyl groups excluding tert-OH is 1. The maximum Gasteiger partial charge on any atom is 0.120 e. The molecule has 2 aromatic rings. The molecule has 0 unspecified atom stereocenters. The van der Waals surface area contributed by atoms with E-state index < -0.39 is 8.07 Å². The lowest BCUT2D eigenvalue weighted by molar-refractivity contribution is 0.270. The molecule has 0 spiro atoms. The first-order chi connectivity index (χ1) is 8.51. The molecule has 5 nitrogen and oxygen atoms in total. The highest BCUT2D eigenvalue weighted by Crippen LogP contribution is 2.21. The highest BCUT2D eigenvalue weighted by Gasteiger charge is 2.20. The van der Waals surface area contributed by atoms with Gasteiger partial charge >= 0.3 is 0 Å². The topological polar surface area (TPSA) is 63.8 Å². The Labute approximate surface area is 108 Å². The highest BCUT2D eigenvalue weighted by atomic mass is 28.3. The van der Waals surface area contributed by atoms with E-state index in [4.69, 9.17) is 0 Å². The van der Waals surface area contributed by atoms with E-state index >= 15 is 0 Å². The number of nitrogens with zero attached hydrogens (tertiary/aromatic N) is 4. The quantitative estimate of drug-likeness (QED) is 0.852. The summed E-state index contributed by atoms with van der Waals surface area (Å²) < 4.78 is 1.83. The number of rotatable bonds is 4. The van der Waals surface area contributed by atoms with Crippen molar-refractivity contribution in [2.24, 2.45) is 0 Å². The fourth-order valence-corrected chi connectivity index (χ4v) is 2.95. The largest absolute Gasteiger partial charge is 0.390 e. The Morgan fingerprint density at radius 2 is 2.11 bits per heavy atom. The average Bonchev–Trinajstić information content (AvgIpc) is 2.70. The van der Waals surface area contributed by atoms with Gasteiger partial charge in [-0.25, -0.2) is 4.68 Å². The monoisotopic (exact) mass is 262 g/mol. The van der Waals surface area contributed by atoms with Crippen LogP contribution in [0.5, 0.6) is 0 Å². The van der Waals surface area contributed by atoms with Crippen molar-refractivity contribution in [2.75, 3.05) is 0 Å². The molecule has 0 aromatic carbocycles. The summed E-state index contributed by atoms with van der Waals surface area (Å²) in [6.45, 7) is 6.74. The van der Waals surface area contributed by atoms with Crippen molar-refractivity contribution in [3.63, 3.8) is 0 Å². The van der Waals surface area contributed by atoms with E-state index in [2.05, 4.69) is 34.9 Å². The summed E-state index contributed by atoms with van der Waals surface area (Å²) in [5.41, 5.74) is 2.39. The van der Waals surface area contributed by atoms with E-state index in [-0.39, 0.29) is 6.61 Å². The van der Waals surface area contributed by atoms with Gasteiger partial charge in [-0.2, -0.15) is 0 Å². The average molecular weight is 262 g/mol. The summed E-state index contributed by atoms with van der Waals surface area (Å²) in [5.74, 6) is 0. The Bertz CT molecular complexity index is 519. The van der Waals surface area contributed by atoms with Gasteiger partial charge in [0.15, 0.2) is 0 Å². The molecule has 2 aromatic heterocycles. The first-order valence-electron chi connectivity index (χ1n) is 5.95. The van der Waals surface area contributed by atoms with Gasteiger partial charge in [-0.15, -0.1) is 5.10 Å². The van der Waals surface area contributed by atoms with Crippen LogP contribution in [-0.2, 0) is 12.8 Å². The van der Waals surface area contributed by atoms with Gasteiger partial charge in [0, 0.05) is 24.1 Å². The third kappa shape index (κ3) is 2.83. The molecule has 96 valence electrons. The molecule has 0 amide bonds. The van der Waals surface area contributed by atoms with Gasteiger partial charge in [-0.3, -0.25) is 4.98 Å². The van der Waals surface area contributed by atoms with E-state index in [1.807, 2.05) is 16.8 Å². The molecule has 0 aliphatic heterocycles. The third-order valence-corrected chi connectivity index (χ3v) is 3.79. The van der Waals surface area contributed by atoms with Crippen molar-refractivity contribution >= 4 is 8.07 Å². The lowest BCUT2D eigenvalue weighted by Gasteiger charge is -2.16. The first-order valence-corrected chi connectivity index (χ1v) is 9.65. The van der Waals surface area contributed by atoms with E-state index in [0.717, 1.165) is 23.1 Å². The van der Waals surface area contributed by atoms with Crippen LogP contribution in [0.15, 0.2) is 24.5 Å². The minimum atomic E-state index is -1.30. The van der Waals surface area contributed by atoms with E-state index in [0.29, 0.717) is 0 Å². The number of aromatic nitrogens is 4. The zero-order valence-corrected chi connectivity index (χ0v) is 12.0. The van der Waals surface area contributed by atoms with E-state index in [1.165, 1.54) is 0 Å². The molecule has 0 fully saturated rings. The second-order valence-corrected chi connectivity index (χ2v) is 10.9. The van der Waals surface area contributed by atoms with Crippen LogP contribution in [-0.4, -0.2) is 33.2 Å². The van der Waals surface area contributed by atoms with Gasteiger partial charge in [0.05, 0.1) is 20.4 Å². The summed E-state index contributed by atoms with van der Waals surface area (Å²) in [6, 6.07) is 3.78. The zero-order valence-electron chi connectivity index (χ0n) is 11.0. The predicted octanol–water partition coefficient (Wildman–Crippen LogP) is 1.71. The second kappa shape index (κ2) is 4.99. The van der Waals surface area contributed by atoms with Gasteiger partial charge in [0.2, 0.25) is 0 Å². The number of hydrogen-bond acceptors (Lipinski definition) is 4. The summed E-state index contributed by atoms with van der Waals surface area (Å²) in [4.78, 5) is 4.07. The Hall–Kier alpha value is -1.53. The normalized spacial score (nSPS) is 11.8. The van der Waals surface area contributed by atoms with Gasteiger partial charge in [0.1, 0.15) is 5.69 Å². The minimum absolute atomic E-state index is 0.0539. The van der Waals surface area contributed by atoms with Crippen molar-refractivity contribution in [2.45, 2.75) is 32.4 Å². The zero-order chi connectivity index (χ0) is 13.2. The standard InChI is InChI=1S/C12H18N4OSi/c1-18(2,3)9-16-11(8-17)12(14-15-16)10-5-4-6-13-7-10/h4-7,17H,8-9H2,1-3H3. The summed E-state index contributed by atoms with van der Waals surface area (Å²) in [6.07, 6.45) is 4.31. The Balaban J connectivity index is 2.39. The molecule has 0 aliphatic rings. The van der Waals surface area contributed by atoms with E-state index in [9.17, 15) is 5.11 Å². The summed E-state index contributed by atoms with van der Waals surface area (Å²) in [5, 5.41) is 17.9. The molecular weight excluding hydrogens is 244 g/mol. The van der Waals surface area contributed by atoms with Gasteiger partial charge in [-0.05, 0) is 12.1 Å². The van der Waals surface area contributed by atoms with Crippen molar-refractivity contribution in [3.05, 3.63) is 30.2 Å². The molecule has 0 saturated heterocycles. The Kier molecular flexibility index (Phi) is 3.58. The van der Waals surface area contributed by atoms with Crippen molar-refractivity contribution in [1.82, 2.24) is 20.0 Å². The molecular formula is C12H18N4OSi. The fourth-order valence-electron chi connectivity index (χ4n) is 1.79. The van der Waals surface area contributed by atoms with Crippen LogP contribution in [0, 0.1) is 0 Å². The van der Waals surface area contributed by atoms with Crippen LogP contribution in [0.4, 0.5) is 0 Å². The molecule has 0 bridgehead atoms. The molecule has 1 N–H and O–H groups in total. The lowest BCUT2D eigenvalue weighted by Crippen LogP contribution is -2.29. The molecule has 0 radical (unpaired) electrons. The van der Waals surface area contributed by atoms with Gasteiger partial charge in [-0.1, -0.05) is 24.9 Å². The number of aliphatic hydroxyl groups is 1. The fraction of sp³-hybridized carbons (Fsp3) is 0.417. The number of pyridine rings is 1. The molecule has 18 heavy (non-hydrogen) atoms. The first kappa shape index (κ1) is 12.9. The van der Waals surface area contributed by atoms with Crippen LogP contribution in [0.2, 0.25) is 19.6 Å². The van der Waals surface area contributed by atoms with Crippen LogP contribution in [0.1, 0.15) is 5.69 Å². The number of hydrogen-bond donors (Lipinski definition) is 1. The Morgan fingerprint density at radius 1 is 1.33 bits per heavy atom. The lowest BCUT2D eigenvalue weighted by atomic mass is 10.2. The molecule has 2 rings (SSSR count). The van der Waals surface area contributed by atoms with Crippen LogP contribution in [0.25, 0.3) is 11.3 Å². The minimum Gasteiger partial charge on any atom is -0.390 e. The van der Waals surface area contributed by atoms with Crippen molar-refractivity contribution in [1.29, 1.82) is 0 Å². The Morgan fingerprint density at radius 3 is 2.67 bits per heavy atom. The SMILES string of the molecule is C[Si](C)(C)Cn1nnc(-c2cccnc2)c1CO. The molecule has 2 heterocycles. The molecule has 0 aliphatic carbocycles. The third-order valence-electron chi connectivity index (χ3n) is 2.55. The maximum atomic E-state index is 9.54. The smallest absolute Gasteiger partial charge is 0.120 e. The summed E-state index contributed by atoms with van der Waals surface area (Å²) in [7, 11) is -1.30. The highest BCUT2D eigenvalue weighted by molar-refractivity contribution is 6.74. The van der Waals surface area contributed by atoms with Crippen LogP contribution < -0.4 is 0 Å². The summed E-state index contributed by atoms with van der Waals surface area (Å²) >= 11 is 0. The molecule has 0 saturated carbocycles. The second-order valence-electron chi connectivity index (χ2n) is 5.50. The maximum absolute atomic E-state index is 9.54. The van der Waals surface area contributed by atoms with Crippen LogP contribution >= 0.6 is 0 Å². The molecule has 0 atom stereocenters. The van der Waals surface area contributed by atoms with Gasteiger partial charge < -0.3 is 5.11 Å². The predicted molar refractivity (Wildman–Crippen MR) is 72.5 cm³/mol. The van der Waals surface area contributed by atoms with Crippen molar-refractivity contribution < 1.29 is 5.11 Å². The van der Waals surface area contributed by atoms with Gasteiger partial charge in [0.25, 0.3) is 0 Å². The van der Waals surface area contributed by atoms with Crippen LogP contribution in [0.3, 0.4) is 0 Å². The van der Waals surface area contributed by atoms with Crippen molar-refractivity contribution in [3.8, 4) is 11.3 Å².